The van der Waals surface area contributed by atoms with Gasteiger partial charge in [0.15, 0.2) is 0 Å². The van der Waals surface area contributed by atoms with Crippen LogP contribution in [-0.2, 0) is 0 Å². The average Bonchev–Trinajstić information content (AvgIpc) is 2.84. The van der Waals surface area contributed by atoms with Gasteiger partial charge in [-0.05, 0) is 68.5 Å². The van der Waals surface area contributed by atoms with Crippen LogP contribution in [0.25, 0.3) is 15.7 Å². The molecule has 1 unspecified atom stereocenters. The first-order valence-electron chi connectivity index (χ1n) is 7.40. The third-order valence-electron chi connectivity index (χ3n) is 3.07. The predicted molar refractivity (Wildman–Crippen MR) is 103 cm³/mol. The Hall–Kier alpha value is -2.22. The second-order valence-electron chi connectivity index (χ2n) is 5.18. The average molecular weight is 325 g/mol. The minimum atomic E-state index is -0.180. The molecule has 0 aliphatic rings. The monoisotopic (exact) mass is 325 g/mol. The first-order valence-corrected chi connectivity index (χ1v) is 8.22. The third kappa shape index (κ3) is 5.17. The number of rotatable bonds is 3. The van der Waals surface area contributed by atoms with Crippen molar-refractivity contribution in [3.8, 4) is 6.07 Å². The number of allylic oxidation sites excluding steroid dienone is 3. The molecule has 0 radical (unpaired) electrons. The molecule has 1 atom stereocenters. The number of aliphatic imine (C=N–C) groups is 1. The van der Waals surface area contributed by atoms with E-state index in [9.17, 15) is 0 Å². The van der Waals surface area contributed by atoms with Crippen molar-refractivity contribution in [3.63, 3.8) is 0 Å². The van der Waals surface area contributed by atoms with Crippen LogP contribution >= 0.6 is 11.3 Å². The molecule has 2 rings (SSSR count). The number of thiophene rings is 1. The third-order valence-corrected chi connectivity index (χ3v) is 4.48. The van der Waals surface area contributed by atoms with E-state index in [1.165, 1.54) is 15.1 Å². The van der Waals surface area contributed by atoms with Crippen molar-refractivity contribution in [2.75, 3.05) is 0 Å². The fourth-order valence-electron chi connectivity index (χ4n) is 2.03. The van der Waals surface area contributed by atoms with Gasteiger partial charge in [0.25, 0.3) is 0 Å². The normalized spacial score (nSPS) is 12.6. The summed E-state index contributed by atoms with van der Waals surface area (Å²) >= 11 is 1.74. The van der Waals surface area contributed by atoms with Gasteiger partial charge in [-0.2, -0.15) is 5.26 Å². The van der Waals surface area contributed by atoms with E-state index in [-0.39, 0.29) is 6.17 Å². The zero-order valence-electron chi connectivity index (χ0n) is 14.1. The van der Waals surface area contributed by atoms with Crippen molar-refractivity contribution >= 4 is 33.2 Å². The molecule has 0 spiro atoms. The lowest BCUT2D eigenvalue weighted by Crippen LogP contribution is -2.10. The molecule has 0 aliphatic heterocycles. The van der Waals surface area contributed by atoms with Gasteiger partial charge in [-0.1, -0.05) is 6.08 Å². The number of benzene rings is 1. The highest BCUT2D eigenvalue weighted by molar-refractivity contribution is 7.20. The van der Waals surface area contributed by atoms with Crippen LogP contribution in [0.1, 0.15) is 36.8 Å². The Labute approximate surface area is 142 Å². The van der Waals surface area contributed by atoms with Gasteiger partial charge in [0.1, 0.15) is 0 Å². The maximum absolute atomic E-state index is 8.98. The van der Waals surface area contributed by atoms with Gasteiger partial charge in [0, 0.05) is 15.8 Å². The van der Waals surface area contributed by atoms with Crippen LogP contribution in [0.3, 0.4) is 0 Å². The first kappa shape index (κ1) is 18.8. The van der Waals surface area contributed by atoms with Gasteiger partial charge in [0.05, 0.1) is 17.8 Å². The van der Waals surface area contributed by atoms with Crippen LogP contribution in [-0.4, -0.2) is 12.4 Å². The van der Waals surface area contributed by atoms with E-state index in [0.29, 0.717) is 5.56 Å². The molecule has 120 valence electrons. The second-order valence-corrected chi connectivity index (χ2v) is 6.23. The number of aryl methyl sites for hydroxylation is 1. The molecule has 4 heteroatoms. The van der Waals surface area contributed by atoms with Crippen molar-refractivity contribution in [2.24, 2.45) is 10.7 Å². The molecular formula is C19H23N3S. The Kier molecular flexibility index (Phi) is 7.40. The topological polar surface area (TPSA) is 62.2 Å². The molecule has 0 fully saturated rings. The standard InChI is InChI=1S/C16H17N3S.C3H6/c1-10(6-7-19-12(3)18)16-11(2)14-8-13(9-17)4-5-15(14)20-16;1-3-2/h4-8,12H,18H2,1-3H3;3H,1H2,2H3/b10-6+,19-7-;. The molecule has 3 nitrogen and oxygen atoms in total. The van der Waals surface area contributed by atoms with Crippen LogP contribution in [0.5, 0.6) is 0 Å². The van der Waals surface area contributed by atoms with E-state index in [4.69, 9.17) is 11.0 Å². The van der Waals surface area contributed by atoms with Gasteiger partial charge in [0.2, 0.25) is 0 Å². The highest BCUT2D eigenvalue weighted by atomic mass is 32.1. The molecule has 0 aliphatic carbocycles. The Bertz CT molecular complexity index is 774. The smallest absolute Gasteiger partial charge is 0.0991 e. The van der Waals surface area contributed by atoms with Crippen LogP contribution < -0.4 is 5.73 Å². The molecule has 2 aromatic rings. The molecule has 23 heavy (non-hydrogen) atoms. The molecular weight excluding hydrogens is 302 g/mol. The molecule has 2 N–H and O–H groups in total. The van der Waals surface area contributed by atoms with Crippen molar-refractivity contribution in [2.45, 2.75) is 33.9 Å². The van der Waals surface area contributed by atoms with Gasteiger partial charge >= 0.3 is 0 Å². The van der Waals surface area contributed by atoms with Crippen LogP contribution in [0.15, 0.2) is 41.9 Å². The zero-order chi connectivity index (χ0) is 17.4. The van der Waals surface area contributed by atoms with Gasteiger partial charge in [-0.3, -0.25) is 4.99 Å². The van der Waals surface area contributed by atoms with Crippen LogP contribution in [0, 0.1) is 18.3 Å². The SMILES string of the molecule is C/C(=C\C=N/C(C)N)c1sc2ccc(C#N)cc2c1C.C=CC. The highest BCUT2D eigenvalue weighted by Gasteiger charge is 2.10. The highest BCUT2D eigenvalue weighted by Crippen LogP contribution is 2.35. The van der Waals surface area contributed by atoms with E-state index in [0.717, 1.165) is 11.0 Å². The molecule has 0 saturated heterocycles. The first-order chi connectivity index (χ1) is 10.9. The molecule has 1 aromatic carbocycles. The number of hydrogen-bond acceptors (Lipinski definition) is 4. The minimum absolute atomic E-state index is 0.180. The number of fused-ring (bicyclic) bond motifs is 1. The van der Waals surface area contributed by atoms with Crippen LogP contribution in [0.4, 0.5) is 0 Å². The largest absolute Gasteiger partial charge is 0.310 e. The summed E-state index contributed by atoms with van der Waals surface area (Å²) in [5.41, 5.74) is 8.66. The van der Waals surface area contributed by atoms with Crippen molar-refractivity contribution in [1.82, 2.24) is 0 Å². The summed E-state index contributed by atoms with van der Waals surface area (Å²) in [4.78, 5) is 5.37. The van der Waals surface area contributed by atoms with E-state index in [2.05, 4.69) is 31.5 Å². The number of nitrogens with zero attached hydrogens (tertiary/aromatic N) is 2. The Morgan fingerprint density at radius 1 is 1.48 bits per heavy atom. The van der Waals surface area contributed by atoms with Gasteiger partial charge in [-0.15, -0.1) is 17.9 Å². The van der Waals surface area contributed by atoms with Crippen LogP contribution in [0.2, 0.25) is 0 Å². The Balaban J connectivity index is 0.000000816. The van der Waals surface area contributed by atoms with Crippen molar-refractivity contribution in [3.05, 3.63) is 52.9 Å². The molecule has 1 heterocycles. The van der Waals surface area contributed by atoms with Crippen molar-refractivity contribution < 1.29 is 0 Å². The lowest BCUT2D eigenvalue weighted by molar-refractivity contribution is 0.797. The molecule has 0 bridgehead atoms. The summed E-state index contributed by atoms with van der Waals surface area (Å²) < 4.78 is 1.20. The number of nitrogens with two attached hydrogens (primary N) is 1. The van der Waals surface area contributed by atoms with E-state index < -0.39 is 0 Å². The summed E-state index contributed by atoms with van der Waals surface area (Å²) in [6.07, 6.45) is 5.30. The summed E-state index contributed by atoms with van der Waals surface area (Å²) in [5, 5.41) is 10.1. The van der Waals surface area contributed by atoms with E-state index >= 15 is 0 Å². The summed E-state index contributed by atoms with van der Waals surface area (Å²) in [7, 11) is 0. The fraction of sp³-hybridized carbons (Fsp3) is 0.263. The lowest BCUT2D eigenvalue weighted by Gasteiger charge is -1.98. The lowest BCUT2D eigenvalue weighted by atomic mass is 10.1. The molecule has 1 aromatic heterocycles. The number of hydrogen-bond donors (Lipinski definition) is 1. The summed E-state index contributed by atoms with van der Waals surface area (Å²) in [5.74, 6) is 0. The van der Waals surface area contributed by atoms with Crippen molar-refractivity contribution in [1.29, 1.82) is 5.26 Å². The quantitative estimate of drug-likeness (QED) is 0.634. The van der Waals surface area contributed by atoms with Gasteiger partial charge < -0.3 is 5.73 Å². The zero-order valence-corrected chi connectivity index (χ0v) is 14.9. The maximum atomic E-state index is 8.98. The summed E-state index contributed by atoms with van der Waals surface area (Å²) in [6, 6.07) is 8.01. The fourth-order valence-corrected chi connectivity index (χ4v) is 3.20. The van der Waals surface area contributed by atoms with E-state index in [1.807, 2.05) is 38.1 Å². The predicted octanol–water partition coefficient (Wildman–Crippen LogP) is 5.05. The second kappa shape index (κ2) is 9.04. The van der Waals surface area contributed by atoms with Gasteiger partial charge in [-0.25, -0.2) is 0 Å². The minimum Gasteiger partial charge on any atom is -0.310 e. The molecule has 0 amide bonds. The van der Waals surface area contributed by atoms with E-state index in [1.54, 1.807) is 23.6 Å². The Morgan fingerprint density at radius 2 is 2.13 bits per heavy atom. The summed E-state index contributed by atoms with van der Waals surface area (Å²) in [6.45, 7) is 11.2. The number of nitriles is 1. The Morgan fingerprint density at radius 3 is 2.70 bits per heavy atom. The molecule has 0 saturated carbocycles. The maximum Gasteiger partial charge on any atom is 0.0991 e.